The Balaban J connectivity index is 2.88. The SMILES string of the molecule is O=C=Nc1ncc2ccccc2nc1=S. The maximum Gasteiger partial charge on any atom is 0.242 e. The Kier molecular flexibility index (Phi) is 2.58. The van der Waals surface area contributed by atoms with E-state index in [1.807, 2.05) is 24.3 Å². The van der Waals surface area contributed by atoms with Gasteiger partial charge in [-0.2, -0.15) is 0 Å². The first-order valence-electron chi connectivity index (χ1n) is 4.15. The van der Waals surface area contributed by atoms with Gasteiger partial charge in [0.15, 0.2) is 4.64 Å². The number of isocyanates is 1. The van der Waals surface area contributed by atoms with E-state index in [9.17, 15) is 4.79 Å². The van der Waals surface area contributed by atoms with E-state index < -0.39 is 0 Å². The lowest BCUT2D eigenvalue weighted by Gasteiger charge is -1.85. The van der Waals surface area contributed by atoms with Gasteiger partial charge in [0.05, 0.1) is 5.52 Å². The first kappa shape index (κ1) is 9.58. The standard InChI is InChI=1S/C10H5N3OS/c14-6-12-9-10(15)13-8-4-2-1-3-7(8)5-11-9/h1-5H. The molecule has 0 saturated carbocycles. The summed E-state index contributed by atoms with van der Waals surface area (Å²) in [6.07, 6.45) is 2.98. The molecule has 72 valence electrons. The summed E-state index contributed by atoms with van der Waals surface area (Å²) in [5.74, 6) is 0.121. The van der Waals surface area contributed by atoms with Crippen LogP contribution in [0.5, 0.6) is 0 Å². The van der Waals surface area contributed by atoms with Crippen LogP contribution in [0, 0.1) is 4.64 Å². The fourth-order valence-electron chi connectivity index (χ4n) is 1.16. The summed E-state index contributed by atoms with van der Waals surface area (Å²) in [7, 11) is 0. The summed E-state index contributed by atoms with van der Waals surface area (Å²) in [5, 5.41) is 0.843. The molecule has 0 aliphatic carbocycles. The van der Waals surface area contributed by atoms with Gasteiger partial charge in [-0.15, -0.1) is 4.99 Å². The number of aromatic nitrogens is 2. The van der Waals surface area contributed by atoms with Gasteiger partial charge >= 0.3 is 0 Å². The molecule has 2 aromatic rings. The zero-order valence-electron chi connectivity index (χ0n) is 7.54. The minimum atomic E-state index is 0.121. The van der Waals surface area contributed by atoms with Gasteiger partial charge in [0, 0.05) is 11.6 Å². The second kappa shape index (κ2) is 4.04. The Morgan fingerprint density at radius 3 is 2.93 bits per heavy atom. The zero-order valence-corrected chi connectivity index (χ0v) is 8.36. The van der Waals surface area contributed by atoms with E-state index in [0.29, 0.717) is 0 Å². The summed E-state index contributed by atoms with van der Waals surface area (Å²) < 4.78 is 0.194. The van der Waals surface area contributed by atoms with E-state index >= 15 is 0 Å². The highest BCUT2D eigenvalue weighted by atomic mass is 32.1. The molecule has 0 atom stereocenters. The molecular formula is C10H5N3OS. The van der Waals surface area contributed by atoms with Crippen LogP contribution in [0.2, 0.25) is 0 Å². The summed E-state index contributed by atoms with van der Waals surface area (Å²) in [6.45, 7) is 0. The molecule has 0 N–H and O–H groups in total. The topological polar surface area (TPSA) is 55.2 Å². The molecular weight excluding hydrogens is 210 g/mol. The fraction of sp³-hybridized carbons (Fsp3) is 0. The van der Waals surface area contributed by atoms with Crippen molar-refractivity contribution in [3.63, 3.8) is 0 Å². The van der Waals surface area contributed by atoms with E-state index in [2.05, 4.69) is 15.0 Å². The Hall–Kier alpha value is -1.97. The highest BCUT2D eigenvalue weighted by Crippen LogP contribution is 2.12. The minimum absolute atomic E-state index is 0.121. The summed E-state index contributed by atoms with van der Waals surface area (Å²) in [5.41, 5.74) is 0.724. The Morgan fingerprint density at radius 2 is 2.13 bits per heavy atom. The fourth-order valence-corrected chi connectivity index (χ4v) is 1.36. The van der Waals surface area contributed by atoms with E-state index in [0.717, 1.165) is 10.9 Å². The molecule has 0 aliphatic heterocycles. The first-order valence-corrected chi connectivity index (χ1v) is 4.56. The Labute approximate surface area is 90.3 Å². The highest BCUT2D eigenvalue weighted by molar-refractivity contribution is 7.71. The van der Waals surface area contributed by atoms with Gasteiger partial charge in [0.1, 0.15) is 0 Å². The number of aliphatic imine (C=N–C) groups is 1. The number of benzene rings is 1. The van der Waals surface area contributed by atoms with Crippen molar-refractivity contribution < 1.29 is 4.79 Å². The normalized spacial score (nSPS) is 9.60. The molecule has 0 fully saturated rings. The average Bonchev–Trinajstić information content (AvgIpc) is 2.40. The summed E-state index contributed by atoms with van der Waals surface area (Å²) in [6, 6.07) is 7.41. The van der Waals surface area contributed by atoms with Gasteiger partial charge < -0.3 is 0 Å². The van der Waals surface area contributed by atoms with Crippen molar-refractivity contribution in [3.8, 4) is 0 Å². The molecule has 0 bridgehead atoms. The lowest BCUT2D eigenvalue weighted by atomic mass is 10.2. The third-order valence-corrected chi connectivity index (χ3v) is 2.10. The van der Waals surface area contributed by atoms with Crippen molar-refractivity contribution in [3.05, 3.63) is 35.1 Å². The van der Waals surface area contributed by atoms with Gasteiger partial charge in [-0.1, -0.05) is 30.4 Å². The van der Waals surface area contributed by atoms with Crippen LogP contribution in [0.15, 0.2) is 35.5 Å². The van der Waals surface area contributed by atoms with Crippen LogP contribution in [0.25, 0.3) is 10.9 Å². The van der Waals surface area contributed by atoms with Gasteiger partial charge in [0.2, 0.25) is 11.9 Å². The van der Waals surface area contributed by atoms with Gasteiger partial charge in [-0.3, -0.25) is 0 Å². The molecule has 0 unspecified atom stereocenters. The second-order valence-corrected chi connectivity index (χ2v) is 3.15. The lowest BCUT2D eigenvalue weighted by Crippen LogP contribution is -1.71. The highest BCUT2D eigenvalue weighted by Gasteiger charge is 1.96. The molecule has 0 amide bonds. The number of fused-ring (bicyclic) bond motifs is 1. The van der Waals surface area contributed by atoms with Crippen molar-refractivity contribution in [2.45, 2.75) is 0 Å². The van der Waals surface area contributed by atoms with Gasteiger partial charge in [-0.05, 0) is 6.07 Å². The van der Waals surface area contributed by atoms with Crippen LogP contribution in [-0.2, 0) is 4.79 Å². The number of para-hydroxylation sites is 1. The van der Waals surface area contributed by atoms with Gasteiger partial charge in [0.25, 0.3) is 0 Å². The number of rotatable bonds is 1. The molecule has 15 heavy (non-hydrogen) atoms. The number of carbonyl (C=O) groups excluding carboxylic acids is 1. The van der Waals surface area contributed by atoms with Crippen LogP contribution in [0.3, 0.4) is 0 Å². The molecule has 0 radical (unpaired) electrons. The molecule has 2 rings (SSSR count). The van der Waals surface area contributed by atoms with Crippen LogP contribution in [-0.4, -0.2) is 16.0 Å². The van der Waals surface area contributed by atoms with E-state index in [4.69, 9.17) is 12.2 Å². The number of hydrogen-bond acceptors (Lipinski definition) is 5. The second-order valence-electron chi connectivity index (χ2n) is 2.76. The molecule has 5 heteroatoms. The van der Waals surface area contributed by atoms with Crippen LogP contribution in [0.1, 0.15) is 0 Å². The monoisotopic (exact) mass is 215 g/mol. The molecule has 1 aromatic carbocycles. The Morgan fingerprint density at radius 1 is 1.33 bits per heavy atom. The molecule has 0 saturated heterocycles. The predicted octanol–water partition coefficient (Wildman–Crippen LogP) is 2.33. The van der Waals surface area contributed by atoms with Crippen LogP contribution >= 0.6 is 12.2 Å². The molecule has 4 nitrogen and oxygen atoms in total. The maximum atomic E-state index is 10.1. The largest absolute Gasteiger partial charge is 0.242 e. The predicted molar refractivity (Wildman–Crippen MR) is 58.2 cm³/mol. The molecule has 1 aromatic heterocycles. The minimum Gasteiger partial charge on any atom is -0.233 e. The summed E-state index contributed by atoms with van der Waals surface area (Å²) in [4.78, 5) is 21.6. The van der Waals surface area contributed by atoms with Crippen LogP contribution < -0.4 is 0 Å². The average molecular weight is 215 g/mol. The van der Waals surface area contributed by atoms with Crippen molar-refractivity contribution in [1.29, 1.82) is 0 Å². The Bertz CT molecular complexity index is 620. The maximum absolute atomic E-state index is 10.1. The van der Waals surface area contributed by atoms with Crippen molar-refractivity contribution in [2.24, 2.45) is 4.99 Å². The quantitative estimate of drug-likeness (QED) is 0.416. The molecule has 0 aliphatic rings. The van der Waals surface area contributed by atoms with E-state index in [1.165, 1.54) is 6.08 Å². The smallest absolute Gasteiger partial charge is 0.233 e. The third kappa shape index (κ3) is 1.93. The van der Waals surface area contributed by atoms with E-state index in [1.54, 1.807) is 6.20 Å². The number of hydrogen-bond donors (Lipinski definition) is 0. The van der Waals surface area contributed by atoms with Gasteiger partial charge in [-0.25, -0.2) is 14.8 Å². The van der Waals surface area contributed by atoms with E-state index in [-0.39, 0.29) is 10.5 Å². The van der Waals surface area contributed by atoms with Crippen molar-refractivity contribution in [2.75, 3.05) is 0 Å². The van der Waals surface area contributed by atoms with Crippen molar-refractivity contribution in [1.82, 2.24) is 9.97 Å². The van der Waals surface area contributed by atoms with Crippen molar-refractivity contribution >= 4 is 35.0 Å². The molecule has 0 spiro atoms. The summed E-state index contributed by atoms with van der Waals surface area (Å²) >= 11 is 4.97. The zero-order chi connectivity index (χ0) is 10.7. The first-order chi connectivity index (χ1) is 7.31. The number of nitrogens with zero attached hydrogens (tertiary/aromatic N) is 3. The third-order valence-electron chi connectivity index (χ3n) is 1.83. The lowest BCUT2D eigenvalue weighted by molar-refractivity contribution is 0.565. The molecule has 1 heterocycles. The van der Waals surface area contributed by atoms with Crippen LogP contribution in [0.4, 0.5) is 5.82 Å².